The van der Waals surface area contributed by atoms with Crippen LogP contribution in [0.2, 0.25) is 0 Å². The molecule has 58 heavy (non-hydrogen) atoms. The van der Waals surface area contributed by atoms with Gasteiger partial charge in [-0.25, -0.2) is 9.59 Å². The fourth-order valence-corrected chi connectivity index (χ4v) is 11.9. The minimum Gasteiger partial charge on any atom is -0.353 e. The predicted molar refractivity (Wildman–Crippen MR) is 236 cm³/mol. The zero-order valence-corrected chi connectivity index (χ0v) is 37.3. The van der Waals surface area contributed by atoms with Crippen molar-refractivity contribution >= 4 is 24.5 Å². The first-order valence-corrected chi connectivity index (χ1v) is 21.7. The van der Waals surface area contributed by atoms with E-state index < -0.39 is 0 Å². The van der Waals surface area contributed by atoms with Crippen LogP contribution in [0.15, 0.2) is 66.1 Å². The summed E-state index contributed by atoms with van der Waals surface area (Å²) in [6.07, 6.45) is 10.9. The highest BCUT2D eigenvalue weighted by Gasteiger charge is 2.55. The summed E-state index contributed by atoms with van der Waals surface area (Å²) in [6.45, 7) is 25.5. The number of carbonyl (C=O) groups is 2. The molecular formula is C48H66ClN7O2. The number of likely N-dealkylation sites (tertiary alicyclic amines) is 1. The first-order chi connectivity index (χ1) is 27.3. The standard InChI is InChI=1S/C27H36N4O.C21H29N3O.ClH/c1-6-31-26(32)30-17-22-15-19(2)14-20(3)25(22)21(4)16-24(30)27(31)9-12-29(13-10-27)18-23-8-7-11-28(23)5;1-5-24-20(25)23-13-17-11-14(2)10-15(3)19(17)16(4)12-18(23)21(24)6-8-22-9-7-21;/h7-8,11,14-16,21H,6,9-10,12-13,17-18H2,1-5H3;10-12,16,22H,5-9,13H2,1-4H3;1H/t21-;16-;/m00./s1. The number of hydrogen-bond acceptors (Lipinski definition) is 4. The van der Waals surface area contributed by atoms with E-state index >= 15 is 0 Å². The van der Waals surface area contributed by atoms with Gasteiger partial charge in [-0.2, -0.15) is 0 Å². The summed E-state index contributed by atoms with van der Waals surface area (Å²) in [6, 6.07) is 13.8. The first-order valence-electron chi connectivity index (χ1n) is 21.7. The molecule has 312 valence electrons. The molecule has 4 amide bonds. The molecule has 7 heterocycles. The van der Waals surface area contributed by atoms with Gasteiger partial charge in [0.15, 0.2) is 0 Å². The number of halogens is 1. The fraction of sp³-hybridized carbons (Fsp3) is 0.542. The van der Waals surface area contributed by atoms with Gasteiger partial charge in [-0.15, -0.1) is 12.4 Å². The van der Waals surface area contributed by atoms with Crippen molar-refractivity contribution in [3.63, 3.8) is 0 Å². The molecule has 0 unspecified atom stereocenters. The summed E-state index contributed by atoms with van der Waals surface area (Å²) in [7, 11) is 2.12. The van der Waals surface area contributed by atoms with E-state index in [2.05, 4.69) is 152 Å². The molecule has 1 aromatic heterocycles. The van der Waals surface area contributed by atoms with E-state index in [1.807, 2.05) is 0 Å². The molecule has 0 bridgehead atoms. The van der Waals surface area contributed by atoms with Gasteiger partial charge in [0.1, 0.15) is 0 Å². The normalized spacial score (nSPS) is 23.3. The third kappa shape index (κ3) is 6.89. The van der Waals surface area contributed by atoms with E-state index in [0.717, 1.165) is 71.5 Å². The van der Waals surface area contributed by atoms with Crippen molar-refractivity contribution in [3.05, 3.63) is 116 Å². The van der Waals surface area contributed by atoms with E-state index in [4.69, 9.17) is 0 Å². The van der Waals surface area contributed by atoms with Crippen LogP contribution in [0, 0.1) is 27.7 Å². The summed E-state index contributed by atoms with van der Waals surface area (Å²) < 4.78 is 2.21. The third-order valence-electron chi connectivity index (χ3n) is 14.3. The number of rotatable bonds is 4. The van der Waals surface area contributed by atoms with E-state index in [-0.39, 0.29) is 35.5 Å². The molecule has 0 radical (unpaired) electrons. The van der Waals surface area contributed by atoms with Gasteiger partial charge in [-0.05, 0) is 126 Å². The van der Waals surface area contributed by atoms with Crippen molar-refractivity contribution in [1.29, 1.82) is 0 Å². The van der Waals surface area contributed by atoms with Crippen LogP contribution >= 0.6 is 12.4 Å². The Balaban J connectivity index is 0.000000179. The number of hydrogen-bond donors (Lipinski definition) is 1. The van der Waals surface area contributed by atoms with Crippen molar-refractivity contribution in [2.75, 3.05) is 39.3 Å². The molecule has 6 aliphatic rings. The van der Waals surface area contributed by atoms with E-state index in [0.29, 0.717) is 24.9 Å². The lowest BCUT2D eigenvalue weighted by molar-refractivity contribution is 0.0878. The number of piperidine rings is 2. The van der Waals surface area contributed by atoms with E-state index in [9.17, 15) is 9.59 Å². The number of aryl methyl sites for hydroxylation is 5. The zero-order valence-electron chi connectivity index (χ0n) is 36.5. The van der Waals surface area contributed by atoms with Crippen LogP contribution in [0.1, 0.15) is 115 Å². The van der Waals surface area contributed by atoms with Crippen LogP contribution in [-0.4, -0.2) is 91.5 Å². The molecule has 2 atom stereocenters. The number of carbonyl (C=O) groups excluding carboxylic acids is 2. The highest BCUT2D eigenvalue weighted by molar-refractivity contribution is 5.85. The topological polar surface area (TPSA) is 67.3 Å². The zero-order chi connectivity index (χ0) is 40.4. The highest BCUT2D eigenvalue weighted by atomic mass is 35.5. The van der Waals surface area contributed by atoms with Crippen molar-refractivity contribution in [3.8, 4) is 0 Å². The molecule has 0 saturated carbocycles. The van der Waals surface area contributed by atoms with Crippen molar-refractivity contribution in [1.82, 2.24) is 34.4 Å². The Labute approximate surface area is 353 Å². The molecule has 2 spiro atoms. The minimum atomic E-state index is -0.171. The van der Waals surface area contributed by atoms with E-state index in [1.54, 1.807) is 0 Å². The molecular weight excluding hydrogens is 742 g/mol. The van der Waals surface area contributed by atoms with Crippen molar-refractivity contribution in [2.24, 2.45) is 7.05 Å². The number of nitrogens with one attached hydrogen (secondary N) is 1. The Morgan fingerprint density at radius 1 is 0.707 bits per heavy atom. The number of nitrogens with zero attached hydrogens (tertiary/aromatic N) is 6. The van der Waals surface area contributed by atoms with Crippen LogP contribution in [0.25, 0.3) is 0 Å². The molecule has 10 heteroatoms. The molecule has 2 aromatic carbocycles. The van der Waals surface area contributed by atoms with Gasteiger partial charge in [0, 0.05) is 74.9 Å². The molecule has 4 fully saturated rings. The Morgan fingerprint density at radius 3 is 1.60 bits per heavy atom. The summed E-state index contributed by atoms with van der Waals surface area (Å²) in [4.78, 5) is 37.9. The van der Waals surface area contributed by atoms with Crippen molar-refractivity contribution in [2.45, 2.75) is 124 Å². The van der Waals surface area contributed by atoms with Gasteiger partial charge in [0.25, 0.3) is 0 Å². The molecule has 3 aromatic rings. The number of benzene rings is 2. The number of amides is 4. The number of allylic oxidation sites excluding steroid dienone is 2. The molecule has 9 nitrogen and oxygen atoms in total. The maximum Gasteiger partial charge on any atom is 0.325 e. The minimum absolute atomic E-state index is 0. The molecule has 6 aliphatic heterocycles. The molecule has 4 saturated heterocycles. The van der Waals surface area contributed by atoms with Gasteiger partial charge < -0.3 is 19.7 Å². The number of fused-ring (bicyclic) bond motifs is 6. The Morgan fingerprint density at radius 2 is 1.17 bits per heavy atom. The van der Waals surface area contributed by atoms with E-state index in [1.165, 1.54) is 61.6 Å². The smallest absolute Gasteiger partial charge is 0.325 e. The van der Waals surface area contributed by atoms with Crippen LogP contribution in [0.5, 0.6) is 0 Å². The number of urea groups is 2. The van der Waals surface area contributed by atoms with Crippen molar-refractivity contribution < 1.29 is 9.59 Å². The quantitative estimate of drug-likeness (QED) is 0.286. The molecule has 1 N–H and O–H groups in total. The number of aromatic nitrogens is 1. The average Bonchev–Trinajstić information content (AvgIpc) is 3.62. The summed E-state index contributed by atoms with van der Waals surface area (Å²) >= 11 is 0. The summed E-state index contributed by atoms with van der Waals surface area (Å²) in [5, 5.41) is 3.47. The second-order valence-corrected chi connectivity index (χ2v) is 17.9. The Bertz CT molecular complexity index is 2120. The largest absolute Gasteiger partial charge is 0.353 e. The Kier molecular flexibility index (Phi) is 11.7. The van der Waals surface area contributed by atoms with Gasteiger partial charge in [0.05, 0.1) is 24.2 Å². The lowest BCUT2D eigenvalue weighted by Gasteiger charge is -2.44. The monoisotopic (exact) mass is 807 g/mol. The van der Waals surface area contributed by atoms with Crippen LogP contribution < -0.4 is 5.32 Å². The number of likely N-dealkylation sites (N-methyl/N-ethyl adjacent to an activating group) is 2. The maximum absolute atomic E-state index is 13.7. The second-order valence-electron chi connectivity index (χ2n) is 17.9. The molecule has 0 aliphatic carbocycles. The third-order valence-corrected chi connectivity index (χ3v) is 14.3. The van der Waals surface area contributed by atoms with Crippen LogP contribution in [-0.2, 0) is 26.7 Å². The summed E-state index contributed by atoms with van der Waals surface area (Å²) in [5.41, 5.74) is 14.3. The van der Waals surface area contributed by atoms with Crippen LogP contribution in [0.4, 0.5) is 9.59 Å². The first kappa shape index (κ1) is 42.1. The second kappa shape index (κ2) is 16.2. The summed E-state index contributed by atoms with van der Waals surface area (Å²) in [5.74, 6) is 0.653. The lowest BCUT2D eigenvalue weighted by atomic mass is 9.81. The SMILES string of the molecule is CCN1C(=O)N2Cc3cc(C)cc(C)c3[C@@H](C)C=C2C12CCN(Cc1cccn1C)CC2.CCN1C(=O)N2Cc3cc(C)cc(C)c3[C@@H](C)C=C2C12CCNCC2.Cl. The predicted octanol–water partition coefficient (Wildman–Crippen LogP) is 9.04. The highest BCUT2D eigenvalue weighted by Crippen LogP contribution is 2.49. The van der Waals surface area contributed by atoms with Crippen LogP contribution in [0.3, 0.4) is 0 Å². The maximum atomic E-state index is 13.7. The molecule has 9 rings (SSSR count). The lowest BCUT2D eigenvalue weighted by Crippen LogP contribution is -2.53. The van der Waals surface area contributed by atoms with Gasteiger partial charge >= 0.3 is 12.1 Å². The average molecular weight is 809 g/mol. The van der Waals surface area contributed by atoms with Gasteiger partial charge in [0.2, 0.25) is 0 Å². The fourth-order valence-electron chi connectivity index (χ4n) is 11.9. The Hall–Kier alpha value is -4.05. The van der Waals surface area contributed by atoms with Gasteiger partial charge in [-0.3, -0.25) is 14.7 Å². The van der Waals surface area contributed by atoms with Gasteiger partial charge in [-0.1, -0.05) is 61.4 Å².